The van der Waals surface area contributed by atoms with Gasteiger partial charge in [-0.05, 0) is 49.2 Å². The van der Waals surface area contributed by atoms with Crippen LogP contribution in [0.3, 0.4) is 0 Å². The monoisotopic (exact) mass is 322 g/mol. The number of aryl methyl sites for hydroxylation is 1. The number of nitrogens with two attached hydrogens (primary N) is 1. The average Bonchev–Trinajstić information content (AvgIpc) is 2.56. The molecule has 1 aromatic heterocycles. The molecule has 1 heterocycles. The number of nitrogens with zero attached hydrogens (tertiary/aromatic N) is 2. The van der Waals surface area contributed by atoms with E-state index in [9.17, 15) is 4.39 Å². The Morgan fingerprint density at radius 1 is 1.04 bits per heavy atom. The molecule has 5 heteroatoms. The zero-order chi connectivity index (χ0) is 17.1. The van der Waals surface area contributed by atoms with Crippen molar-refractivity contribution in [3.63, 3.8) is 0 Å². The lowest BCUT2D eigenvalue weighted by atomic mass is 10.0. The summed E-state index contributed by atoms with van der Waals surface area (Å²) in [6.07, 6.45) is 3.30. The van der Waals surface area contributed by atoms with Crippen LogP contribution in [0.4, 0.5) is 15.9 Å². The van der Waals surface area contributed by atoms with Gasteiger partial charge in [-0.3, -0.25) is 4.98 Å². The van der Waals surface area contributed by atoms with Gasteiger partial charge in [-0.25, -0.2) is 9.37 Å². The maximum absolute atomic E-state index is 13.3. The van der Waals surface area contributed by atoms with Crippen molar-refractivity contribution in [1.29, 1.82) is 0 Å². The number of benzene rings is 2. The molecule has 0 radical (unpaired) electrons. The van der Waals surface area contributed by atoms with Gasteiger partial charge in [0.25, 0.3) is 0 Å². The minimum atomic E-state index is -0.231. The number of anilines is 2. The van der Waals surface area contributed by atoms with Crippen LogP contribution in [0.25, 0.3) is 11.3 Å². The van der Waals surface area contributed by atoms with Gasteiger partial charge in [0.05, 0.1) is 6.04 Å². The lowest BCUT2D eigenvalue weighted by Gasteiger charge is -2.19. The first-order chi connectivity index (χ1) is 11.5. The first-order valence-corrected chi connectivity index (χ1v) is 7.74. The van der Waals surface area contributed by atoms with Gasteiger partial charge in [-0.15, -0.1) is 0 Å². The number of halogens is 1. The number of rotatable bonds is 4. The van der Waals surface area contributed by atoms with E-state index in [0.717, 1.165) is 22.4 Å². The Hall–Kier alpha value is -2.95. The Morgan fingerprint density at radius 3 is 2.46 bits per heavy atom. The number of nitrogens with one attached hydrogen (secondary N) is 1. The first-order valence-electron chi connectivity index (χ1n) is 7.74. The fourth-order valence-electron chi connectivity index (χ4n) is 2.70. The molecule has 122 valence electrons. The number of nitrogen functional groups attached to an aromatic ring is 1. The molecule has 0 aliphatic carbocycles. The highest BCUT2D eigenvalue weighted by Gasteiger charge is 2.13. The van der Waals surface area contributed by atoms with Crippen molar-refractivity contribution < 1.29 is 4.39 Å². The normalized spacial score (nSPS) is 12.0. The summed E-state index contributed by atoms with van der Waals surface area (Å²) in [4.78, 5) is 8.85. The van der Waals surface area contributed by atoms with Gasteiger partial charge in [0.15, 0.2) is 5.82 Å². The van der Waals surface area contributed by atoms with E-state index < -0.39 is 0 Å². The molecule has 1 atom stereocenters. The molecule has 0 bridgehead atoms. The maximum atomic E-state index is 13.3. The van der Waals surface area contributed by atoms with E-state index in [2.05, 4.69) is 15.3 Å². The van der Waals surface area contributed by atoms with Crippen LogP contribution in [-0.2, 0) is 0 Å². The predicted octanol–water partition coefficient (Wildman–Crippen LogP) is 4.35. The third-order valence-corrected chi connectivity index (χ3v) is 3.93. The summed E-state index contributed by atoms with van der Waals surface area (Å²) in [5.74, 6) is 0.448. The quantitative estimate of drug-likeness (QED) is 0.701. The Balaban J connectivity index is 1.91. The largest absolute Gasteiger partial charge is 0.399 e. The van der Waals surface area contributed by atoms with Crippen LogP contribution in [0.5, 0.6) is 0 Å². The van der Waals surface area contributed by atoms with E-state index in [1.807, 2.05) is 38.1 Å². The molecule has 24 heavy (non-hydrogen) atoms. The zero-order valence-electron chi connectivity index (χ0n) is 13.6. The van der Waals surface area contributed by atoms with Crippen LogP contribution in [-0.4, -0.2) is 9.97 Å². The molecule has 3 rings (SSSR count). The van der Waals surface area contributed by atoms with Crippen LogP contribution >= 0.6 is 0 Å². The minimum absolute atomic E-state index is 0.0326. The van der Waals surface area contributed by atoms with Crippen LogP contribution in [0.2, 0.25) is 0 Å². The van der Waals surface area contributed by atoms with Gasteiger partial charge in [-0.1, -0.05) is 18.2 Å². The lowest BCUT2D eigenvalue weighted by Crippen LogP contribution is -2.11. The summed E-state index contributed by atoms with van der Waals surface area (Å²) < 4.78 is 13.3. The van der Waals surface area contributed by atoms with Crippen LogP contribution in [0.1, 0.15) is 24.1 Å². The summed E-state index contributed by atoms with van der Waals surface area (Å²) in [5, 5.41) is 3.37. The van der Waals surface area contributed by atoms with Crippen molar-refractivity contribution in [1.82, 2.24) is 9.97 Å². The predicted molar refractivity (Wildman–Crippen MR) is 95.1 cm³/mol. The number of hydrogen-bond donors (Lipinski definition) is 2. The molecular weight excluding hydrogens is 303 g/mol. The van der Waals surface area contributed by atoms with E-state index >= 15 is 0 Å². The third kappa shape index (κ3) is 3.35. The zero-order valence-corrected chi connectivity index (χ0v) is 13.6. The van der Waals surface area contributed by atoms with Crippen molar-refractivity contribution >= 4 is 11.5 Å². The molecule has 1 unspecified atom stereocenters. The fraction of sp³-hybridized carbons (Fsp3) is 0.158. The van der Waals surface area contributed by atoms with Crippen molar-refractivity contribution in [2.24, 2.45) is 0 Å². The molecule has 3 N–H and O–H groups in total. The smallest absolute Gasteiger partial charge is 0.153 e. The average molecular weight is 322 g/mol. The second kappa shape index (κ2) is 6.66. The second-order valence-electron chi connectivity index (χ2n) is 5.74. The molecule has 0 saturated heterocycles. The molecule has 0 aliphatic rings. The Morgan fingerprint density at radius 2 is 1.75 bits per heavy atom. The molecule has 4 nitrogen and oxygen atoms in total. The van der Waals surface area contributed by atoms with Gasteiger partial charge < -0.3 is 11.1 Å². The summed E-state index contributed by atoms with van der Waals surface area (Å²) in [5.41, 5.74) is 10.0. The van der Waals surface area contributed by atoms with Crippen LogP contribution < -0.4 is 11.1 Å². The summed E-state index contributed by atoms with van der Waals surface area (Å²) in [6.45, 7) is 3.91. The van der Waals surface area contributed by atoms with Crippen molar-refractivity contribution in [2.45, 2.75) is 19.9 Å². The molecule has 0 aliphatic heterocycles. The Labute approximate surface area is 140 Å². The lowest BCUT2D eigenvalue weighted by molar-refractivity contribution is 0.625. The summed E-state index contributed by atoms with van der Waals surface area (Å²) in [7, 11) is 0. The van der Waals surface area contributed by atoms with E-state index in [0.29, 0.717) is 11.5 Å². The highest BCUT2D eigenvalue weighted by atomic mass is 19.1. The topological polar surface area (TPSA) is 63.8 Å². The number of hydrogen-bond acceptors (Lipinski definition) is 4. The van der Waals surface area contributed by atoms with E-state index in [1.54, 1.807) is 18.5 Å². The third-order valence-electron chi connectivity index (χ3n) is 3.93. The van der Waals surface area contributed by atoms with E-state index in [1.165, 1.54) is 12.1 Å². The van der Waals surface area contributed by atoms with Crippen LogP contribution in [0, 0.1) is 12.7 Å². The minimum Gasteiger partial charge on any atom is -0.399 e. The molecule has 0 saturated carbocycles. The van der Waals surface area contributed by atoms with Gasteiger partial charge >= 0.3 is 0 Å². The highest BCUT2D eigenvalue weighted by Crippen LogP contribution is 2.28. The maximum Gasteiger partial charge on any atom is 0.153 e. The SMILES string of the molecule is Cc1cc(F)ccc1C(C)Nc1nccnc1-c1ccc(N)cc1. The first kappa shape index (κ1) is 15.9. The Bertz CT molecular complexity index is 846. The van der Waals surface area contributed by atoms with Gasteiger partial charge in [0.2, 0.25) is 0 Å². The Kier molecular flexibility index (Phi) is 4.42. The summed E-state index contributed by atoms with van der Waals surface area (Å²) >= 11 is 0. The van der Waals surface area contributed by atoms with Gasteiger partial charge in [0, 0.05) is 23.6 Å². The van der Waals surface area contributed by atoms with E-state index in [-0.39, 0.29) is 11.9 Å². The van der Waals surface area contributed by atoms with Crippen LogP contribution in [0.15, 0.2) is 54.9 Å². The molecule has 3 aromatic rings. The second-order valence-corrected chi connectivity index (χ2v) is 5.74. The molecular formula is C19H19FN4. The fourth-order valence-corrected chi connectivity index (χ4v) is 2.70. The van der Waals surface area contributed by atoms with Crippen molar-refractivity contribution in [3.05, 3.63) is 71.8 Å². The molecule has 2 aromatic carbocycles. The van der Waals surface area contributed by atoms with E-state index in [4.69, 9.17) is 5.73 Å². The molecule has 0 fully saturated rings. The standard InChI is InChI=1S/C19H19FN4/c1-12-11-15(20)5-8-17(12)13(2)24-19-18(22-9-10-23-19)14-3-6-16(21)7-4-14/h3-11,13H,21H2,1-2H3,(H,23,24). The highest BCUT2D eigenvalue weighted by molar-refractivity contribution is 5.72. The van der Waals surface area contributed by atoms with Crippen molar-refractivity contribution in [2.75, 3.05) is 11.1 Å². The van der Waals surface area contributed by atoms with Gasteiger partial charge in [-0.2, -0.15) is 0 Å². The molecule has 0 spiro atoms. The van der Waals surface area contributed by atoms with Gasteiger partial charge in [0.1, 0.15) is 11.5 Å². The summed E-state index contributed by atoms with van der Waals surface area (Å²) in [6, 6.07) is 12.3. The van der Waals surface area contributed by atoms with Crippen molar-refractivity contribution in [3.8, 4) is 11.3 Å². The molecule has 0 amide bonds. The number of aromatic nitrogens is 2.